The summed E-state index contributed by atoms with van der Waals surface area (Å²) in [6.07, 6.45) is 1.74. The predicted molar refractivity (Wildman–Crippen MR) is 143 cm³/mol. The van der Waals surface area contributed by atoms with Gasteiger partial charge in [-0.05, 0) is 63.3 Å². The summed E-state index contributed by atoms with van der Waals surface area (Å²) in [6.45, 7) is 2.09. The molecule has 8 nitrogen and oxygen atoms in total. The van der Waals surface area contributed by atoms with Gasteiger partial charge >= 0.3 is 0 Å². The molecular formula is C23H28Cl2N4O4S2. The molecule has 1 aliphatic rings. The molecule has 2 aromatic carbocycles. The number of anilines is 1. The lowest BCUT2D eigenvalue weighted by atomic mass is 10.2. The van der Waals surface area contributed by atoms with Crippen molar-refractivity contribution in [3.8, 4) is 5.75 Å². The second-order valence-corrected chi connectivity index (χ2v) is 11.6. The monoisotopic (exact) mass is 558 g/mol. The second-order valence-electron chi connectivity index (χ2n) is 8.32. The summed E-state index contributed by atoms with van der Waals surface area (Å²) < 4.78 is 33.3. The third kappa shape index (κ3) is 5.73. The number of hydrogen-bond acceptors (Lipinski definition) is 7. The van der Waals surface area contributed by atoms with E-state index in [9.17, 15) is 13.2 Å². The fourth-order valence-electron chi connectivity index (χ4n) is 3.81. The SMILES string of the molecule is COc1ccc(Cl)c2sc(N(CCN(C)C)C(=O)c3ccc(S(=O)(=O)N4CCCC4)cc3)nc12.Cl. The van der Waals surface area contributed by atoms with Gasteiger partial charge in [0.2, 0.25) is 10.0 Å². The smallest absolute Gasteiger partial charge is 0.260 e. The molecule has 0 saturated carbocycles. The number of benzene rings is 2. The number of halogens is 2. The molecule has 0 unspecified atom stereocenters. The lowest BCUT2D eigenvalue weighted by Crippen LogP contribution is -2.36. The number of fused-ring (bicyclic) bond motifs is 1. The van der Waals surface area contributed by atoms with Crippen molar-refractivity contribution < 1.29 is 17.9 Å². The van der Waals surface area contributed by atoms with Gasteiger partial charge in [-0.1, -0.05) is 22.9 Å². The molecule has 0 N–H and O–H groups in total. The fraction of sp³-hybridized carbons (Fsp3) is 0.391. The van der Waals surface area contributed by atoms with Crippen LogP contribution in [0.25, 0.3) is 10.2 Å². The van der Waals surface area contributed by atoms with Gasteiger partial charge in [0, 0.05) is 31.7 Å². The van der Waals surface area contributed by atoms with Crippen LogP contribution in [0.4, 0.5) is 5.13 Å². The molecule has 0 radical (unpaired) electrons. The van der Waals surface area contributed by atoms with Crippen LogP contribution in [-0.2, 0) is 10.0 Å². The van der Waals surface area contributed by atoms with Gasteiger partial charge in [-0.2, -0.15) is 4.31 Å². The van der Waals surface area contributed by atoms with Crippen molar-refractivity contribution in [1.82, 2.24) is 14.2 Å². The van der Waals surface area contributed by atoms with Crippen molar-refractivity contribution in [3.63, 3.8) is 0 Å². The topological polar surface area (TPSA) is 83.0 Å². The zero-order valence-corrected chi connectivity index (χ0v) is 22.9. The van der Waals surface area contributed by atoms with Crippen LogP contribution >= 0.6 is 35.3 Å². The largest absolute Gasteiger partial charge is 0.494 e. The van der Waals surface area contributed by atoms with E-state index in [1.54, 1.807) is 36.3 Å². The van der Waals surface area contributed by atoms with Crippen LogP contribution in [0.3, 0.4) is 0 Å². The molecule has 35 heavy (non-hydrogen) atoms. The first-order chi connectivity index (χ1) is 16.2. The molecule has 4 rings (SSSR count). The molecule has 0 bridgehead atoms. The van der Waals surface area contributed by atoms with Crippen LogP contribution in [0.15, 0.2) is 41.3 Å². The summed E-state index contributed by atoms with van der Waals surface area (Å²) >= 11 is 7.71. The van der Waals surface area contributed by atoms with E-state index in [1.165, 1.54) is 27.8 Å². The standard InChI is InChI=1S/C23H27ClN4O4S2.ClH/c1-26(2)14-15-28(23-25-20-19(32-3)11-10-18(24)21(20)33-23)22(29)16-6-8-17(9-7-16)34(30,31)27-12-4-5-13-27;/h6-11H,4-5,12-15H2,1-3H3;1H. The average Bonchev–Trinajstić information content (AvgIpc) is 3.51. The van der Waals surface area contributed by atoms with E-state index in [1.807, 2.05) is 19.0 Å². The molecular weight excluding hydrogens is 531 g/mol. The number of ether oxygens (including phenoxy) is 1. The van der Waals surface area contributed by atoms with E-state index in [2.05, 4.69) is 4.98 Å². The minimum absolute atomic E-state index is 0. The molecule has 190 valence electrons. The quantitative estimate of drug-likeness (QED) is 0.408. The molecule has 1 saturated heterocycles. The highest BCUT2D eigenvalue weighted by Gasteiger charge is 2.28. The molecule has 1 fully saturated rings. The summed E-state index contributed by atoms with van der Waals surface area (Å²) in [4.78, 5) is 22.0. The van der Waals surface area contributed by atoms with Gasteiger partial charge in [0.1, 0.15) is 11.3 Å². The molecule has 0 aliphatic carbocycles. The highest BCUT2D eigenvalue weighted by Crippen LogP contribution is 2.39. The number of carbonyl (C=O) groups excluding carboxylic acids is 1. The maximum Gasteiger partial charge on any atom is 0.260 e. The van der Waals surface area contributed by atoms with Crippen LogP contribution in [0.2, 0.25) is 5.02 Å². The summed E-state index contributed by atoms with van der Waals surface area (Å²) in [5.41, 5.74) is 0.987. The molecule has 1 aromatic heterocycles. The highest BCUT2D eigenvalue weighted by atomic mass is 35.5. The summed E-state index contributed by atoms with van der Waals surface area (Å²) in [7, 11) is 1.88. The minimum Gasteiger partial charge on any atom is -0.494 e. The van der Waals surface area contributed by atoms with E-state index < -0.39 is 10.0 Å². The molecule has 0 atom stereocenters. The number of likely N-dealkylation sites (N-methyl/N-ethyl adjacent to an activating group) is 1. The van der Waals surface area contributed by atoms with Gasteiger partial charge in [0.25, 0.3) is 5.91 Å². The van der Waals surface area contributed by atoms with Gasteiger partial charge < -0.3 is 9.64 Å². The Bertz CT molecular complexity index is 1290. The number of methoxy groups -OCH3 is 1. The van der Waals surface area contributed by atoms with Gasteiger partial charge in [0.05, 0.1) is 21.7 Å². The van der Waals surface area contributed by atoms with Crippen LogP contribution in [0, 0.1) is 0 Å². The van der Waals surface area contributed by atoms with Crippen molar-refractivity contribution >= 4 is 66.6 Å². The number of thiazole rings is 1. The van der Waals surface area contributed by atoms with E-state index in [0.29, 0.717) is 53.2 Å². The number of rotatable bonds is 8. The molecule has 12 heteroatoms. The maximum absolute atomic E-state index is 13.5. The Balaban J connectivity index is 0.00000342. The van der Waals surface area contributed by atoms with Crippen molar-refractivity contribution in [3.05, 3.63) is 47.0 Å². The third-order valence-corrected chi connectivity index (χ3v) is 9.17. The minimum atomic E-state index is -3.54. The first-order valence-corrected chi connectivity index (χ1v) is 13.6. The lowest BCUT2D eigenvalue weighted by Gasteiger charge is -2.22. The molecule has 1 aliphatic heterocycles. The summed E-state index contributed by atoms with van der Waals surface area (Å²) in [6, 6.07) is 9.63. The lowest BCUT2D eigenvalue weighted by molar-refractivity contribution is 0.0985. The van der Waals surface area contributed by atoms with Crippen molar-refractivity contribution in [2.24, 2.45) is 0 Å². The number of aromatic nitrogens is 1. The zero-order chi connectivity index (χ0) is 24.5. The predicted octanol–water partition coefficient (Wildman–Crippen LogP) is 4.37. The number of carbonyl (C=O) groups is 1. The Hall–Kier alpha value is -1.95. The maximum atomic E-state index is 13.5. The normalized spacial score (nSPS) is 14.3. The Morgan fingerprint density at radius 3 is 2.37 bits per heavy atom. The molecule has 1 amide bonds. The van der Waals surface area contributed by atoms with Gasteiger partial charge in [-0.3, -0.25) is 9.69 Å². The Labute approximate surface area is 220 Å². The zero-order valence-electron chi connectivity index (χ0n) is 19.7. The van der Waals surface area contributed by atoms with Gasteiger partial charge in [-0.15, -0.1) is 12.4 Å². The number of nitrogens with zero attached hydrogens (tertiary/aromatic N) is 4. The Kier molecular flexibility index (Phi) is 9.01. The van der Waals surface area contributed by atoms with E-state index in [4.69, 9.17) is 16.3 Å². The Morgan fingerprint density at radius 2 is 1.77 bits per heavy atom. The number of amides is 1. The number of hydrogen-bond donors (Lipinski definition) is 0. The first kappa shape index (κ1) is 27.6. The molecule has 0 spiro atoms. The van der Waals surface area contributed by atoms with Crippen LogP contribution in [-0.4, -0.2) is 75.9 Å². The summed E-state index contributed by atoms with van der Waals surface area (Å²) in [5.74, 6) is 0.319. The van der Waals surface area contributed by atoms with E-state index in [-0.39, 0.29) is 23.2 Å². The molecule has 2 heterocycles. The van der Waals surface area contributed by atoms with Crippen LogP contribution in [0.5, 0.6) is 5.75 Å². The van der Waals surface area contributed by atoms with Crippen molar-refractivity contribution in [2.45, 2.75) is 17.7 Å². The third-order valence-electron chi connectivity index (χ3n) is 5.72. The summed E-state index contributed by atoms with van der Waals surface area (Å²) in [5, 5.41) is 1.04. The van der Waals surface area contributed by atoms with Crippen molar-refractivity contribution in [1.29, 1.82) is 0 Å². The average molecular weight is 560 g/mol. The van der Waals surface area contributed by atoms with E-state index in [0.717, 1.165) is 17.5 Å². The van der Waals surface area contributed by atoms with Crippen LogP contribution in [0.1, 0.15) is 23.2 Å². The molecule has 3 aromatic rings. The second kappa shape index (κ2) is 11.4. The fourth-order valence-corrected chi connectivity index (χ4v) is 6.61. The van der Waals surface area contributed by atoms with Crippen molar-refractivity contribution in [2.75, 3.05) is 52.3 Å². The first-order valence-electron chi connectivity index (χ1n) is 10.9. The number of sulfonamides is 1. The van der Waals surface area contributed by atoms with E-state index >= 15 is 0 Å². The Morgan fingerprint density at radius 1 is 1.11 bits per heavy atom. The van der Waals surface area contributed by atoms with Crippen LogP contribution < -0.4 is 9.64 Å². The van der Waals surface area contributed by atoms with Gasteiger partial charge in [0.15, 0.2) is 5.13 Å². The highest BCUT2D eigenvalue weighted by molar-refractivity contribution is 7.89. The van der Waals surface area contributed by atoms with Gasteiger partial charge in [-0.25, -0.2) is 13.4 Å².